The van der Waals surface area contributed by atoms with E-state index in [0.717, 1.165) is 14.0 Å². The van der Waals surface area contributed by atoms with Gasteiger partial charge in [0.2, 0.25) is 0 Å². The van der Waals surface area contributed by atoms with Crippen LogP contribution in [0, 0.1) is 0 Å². The summed E-state index contributed by atoms with van der Waals surface area (Å²) in [7, 11) is 0.888. The highest BCUT2D eigenvalue weighted by Crippen LogP contribution is 2.56. The van der Waals surface area contributed by atoms with Crippen molar-refractivity contribution in [3.8, 4) is 0 Å². The Morgan fingerprint density at radius 2 is 1.37 bits per heavy atom. The Hall–Kier alpha value is -1.45. The van der Waals surface area contributed by atoms with Gasteiger partial charge in [-0.3, -0.25) is 0 Å². The number of hydrogen-bond donors (Lipinski definition) is 0. The summed E-state index contributed by atoms with van der Waals surface area (Å²) in [6.45, 7) is 2.70. The number of methoxy groups -OCH3 is 1. The average molecular weight is 410 g/mol. The lowest BCUT2D eigenvalue weighted by Gasteiger charge is -2.39. The topological polar surface area (TPSA) is 9.23 Å². The number of hydrogen-bond acceptors (Lipinski definition) is 1. The van der Waals surface area contributed by atoms with Gasteiger partial charge in [-0.2, -0.15) is 39.5 Å². The fraction of sp³-hybridized carbons (Fsp3) is 0.647. The maximum atomic E-state index is 14.1. The van der Waals surface area contributed by atoms with E-state index < -0.39 is 36.0 Å². The van der Waals surface area contributed by atoms with Crippen molar-refractivity contribution in [2.45, 2.75) is 62.7 Å². The zero-order valence-electron chi connectivity index (χ0n) is 14.7. The highest BCUT2D eigenvalue weighted by Gasteiger charge is 2.82. The summed E-state index contributed by atoms with van der Waals surface area (Å²) in [6, 6.07) is 5.74. The van der Waals surface area contributed by atoms with Crippen LogP contribution in [0.4, 0.5) is 39.5 Å². The van der Waals surface area contributed by atoms with E-state index in [1.165, 1.54) is 18.2 Å². The first-order chi connectivity index (χ1) is 12.1. The van der Waals surface area contributed by atoms with E-state index in [2.05, 4.69) is 0 Å². The van der Waals surface area contributed by atoms with Crippen LogP contribution in [0.5, 0.6) is 0 Å². The summed E-state index contributed by atoms with van der Waals surface area (Å²) in [6.07, 6.45) is -8.02. The number of rotatable bonds is 8. The zero-order valence-corrected chi connectivity index (χ0v) is 14.7. The van der Waals surface area contributed by atoms with Crippen LogP contribution in [-0.2, 0) is 16.8 Å². The lowest BCUT2D eigenvalue weighted by Crippen LogP contribution is -2.62. The van der Waals surface area contributed by atoms with Crippen molar-refractivity contribution in [1.29, 1.82) is 0 Å². The number of aryl methyl sites for hydroxylation is 1. The van der Waals surface area contributed by atoms with Crippen molar-refractivity contribution < 1.29 is 44.3 Å². The molecule has 1 rings (SSSR count). The minimum Gasteiger partial charge on any atom is -0.374 e. The lowest BCUT2D eigenvalue weighted by molar-refractivity contribution is -0.400. The maximum absolute atomic E-state index is 14.1. The Balaban J connectivity index is 3.40. The molecule has 1 atom stereocenters. The van der Waals surface area contributed by atoms with Crippen LogP contribution < -0.4 is 0 Å². The van der Waals surface area contributed by atoms with Crippen molar-refractivity contribution in [2.24, 2.45) is 0 Å². The van der Waals surface area contributed by atoms with Gasteiger partial charge in [-0.05, 0) is 24.5 Å². The van der Waals surface area contributed by atoms with Gasteiger partial charge in [0.15, 0.2) is 0 Å². The second-order valence-electron chi connectivity index (χ2n) is 6.37. The molecule has 156 valence electrons. The molecule has 0 saturated heterocycles. The zero-order chi connectivity index (χ0) is 21.3. The Labute approximate surface area is 150 Å². The fourth-order valence-corrected chi connectivity index (χ4v) is 2.74. The summed E-state index contributed by atoms with van der Waals surface area (Å²) in [5.41, 5.74) is -1.77. The van der Waals surface area contributed by atoms with Crippen molar-refractivity contribution >= 4 is 0 Å². The molecular weight excluding hydrogens is 391 g/mol. The van der Waals surface area contributed by atoms with Gasteiger partial charge in [0.1, 0.15) is 0 Å². The molecule has 1 unspecified atom stereocenters. The highest BCUT2D eigenvalue weighted by molar-refractivity contribution is 5.33. The first-order valence-corrected chi connectivity index (χ1v) is 7.91. The predicted octanol–water partition coefficient (Wildman–Crippen LogP) is 6.36. The van der Waals surface area contributed by atoms with Crippen LogP contribution in [0.1, 0.15) is 37.8 Å². The Morgan fingerprint density at radius 3 is 1.81 bits per heavy atom. The van der Waals surface area contributed by atoms with Gasteiger partial charge < -0.3 is 4.74 Å². The SMILES string of the molecule is CCCc1ccccc1C(C)(CC(F)(F)C(F)(F)C(F)(F)C(F)(F)F)OC. The largest absolute Gasteiger partial charge is 0.460 e. The van der Waals surface area contributed by atoms with Gasteiger partial charge in [0.25, 0.3) is 0 Å². The summed E-state index contributed by atoms with van der Waals surface area (Å²) in [4.78, 5) is 0. The van der Waals surface area contributed by atoms with E-state index >= 15 is 0 Å². The van der Waals surface area contributed by atoms with Gasteiger partial charge >= 0.3 is 23.9 Å². The molecule has 27 heavy (non-hydrogen) atoms. The molecule has 0 aliphatic carbocycles. The number of alkyl halides is 9. The van der Waals surface area contributed by atoms with Crippen LogP contribution in [0.3, 0.4) is 0 Å². The van der Waals surface area contributed by atoms with Crippen LogP contribution in [-0.4, -0.2) is 31.1 Å². The normalized spacial score (nSPS) is 16.3. The molecule has 1 aromatic rings. The molecule has 10 heteroatoms. The van der Waals surface area contributed by atoms with E-state index in [1.807, 2.05) is 0 Å². The van der Waals surface area contributed by atoms with Gasteiger partial charge in [0.05, 0.1) is 12.0 Å². The van der Waals surface area contributed by atoms with E-state index in [4.69, 9.17) is 4.74 Å². The maximum Gasteiger partial charge on any atom is 0.460 e. The third-order valence-corrected chi connectivity index (χ3v) is 4.33. The Bertz CT molecular complexity index is 640. The minimum atomic E-state index is -6.92. The number of halogens is 9. The highest BCUT2D eigenvalue weighted by atomic mass is 19.4. The summed E-state index contributed by atoms with van der Waals surface area (Å²) in [5, 5.41) is 0. The number of ether oxygens (including phenoxy) is 1. The Kier molecular flexibility index (Phi) is 6.57. The molecule has 1 aromatic carbocycles. The molecule has 0 aromatic heterocycles. The molecule has 0 amide bonds. The number of benzene rings is 1. The molecule has 0 spiro atoms. The molecule has 0 radical (unpaired) electrons. The third-order valence-electron chi connectivity index (χ3n) is 4.33. The predicted molar refractivity (Wildman–Crippen MR) is 80.3 cm³/mol. The van der Waals surface area contributed by atoms with Crippen LogP contribution >= 0.6 is 0 Å². The second-order valence-corrected chi connectivity index (χ2v) is 6.37. The average Bonchev–Trinajstić information content (AvgIpc) is 2.53. The summed E-state index contributed by atoms with van der Waals surface area (Å²) in [5.74, 6) is -19.3. The second kappa shape index (κ2) is 7.52. The molecule has 1 nitrogen and oxygen atoms in total. The first-order valence-electron chi connectivity index (χ1n) is 7.91. The van der Waals surface area contributed by atoms with Crippen molar-refractivity contribution in [1.82, 2.24) is 0 Å². The van der Waals surface area contributed by atoms with E-state index in [1.54, 1.807) is 13.0 Å². The van der Waals surface area contributed by atoms with Crippen LogP contribution in [0.25, 0.3) is 0 Å². The van der Waals surface area contributed by atoms with Crippen molar-refractivity contribution in [2.75, 3.05) is 7.11 Å². The first kappa shape index (κ1) is 23.6. The van der Waals surface area contributed by atoms with Crippen LogP contribution in [0.15, 0.2) is 24.3 Å². The smallest absolute Gasteiger partial charge is 0.374 e. The lowest BCUT2D eigenvalue weighted by atomic mass is 9.82. The van der Waals surface area contributed by atoms with Gasteiger partial charge in [-0.25, -0.2) is 0 Å². The van der Waals surface area contributed by atoms with Crippen LogP contribution in [0.2, 0.25) is 0 Å². The molecule has 0 bridgehead atoms. The van der Waals surface area contributed by atoms with Gasteiger partial charge in [0, 0.05) is 7.11 Å². The third kappa shape index (κ3) is 4.20. The minimum absolute atomic E-state index is 0.0140. The molecule has 0 heterocycles. The quantitative estimate of drug-likeness (QED) is 0.453. The van der Waals surface area contributed by atoms with Crippen molar-refractivity contribution in [3.05, 3.63) is 35.4 Å². The molecule has 0 N–H and O–H groups in total. The molecular formula is C17H19F9O. The molecule has 0 aliphatic heterocycles. The summed E-state index contributed by atoms with van der Waals surface area (Å²) >= 11 is 0. The van der Waals surface area contributed by atoms with Gasteiger partial charge in [-0.1, -0.05) is 37.6 Å². The van der Waals surface area contributed by atoms with E-state index in [9.17, 15) is 39.5 Å². The van der Waals surface area contributed by atoms with Gasteiger partial charge in [-0.15, -0.1) is 0 Å². The monoisotopic (exact) mass is 410 g/mol. The van der Waals surface area contributed by atoms with E-state index in [0.29, 0.717) is 18.4 Å². The molecule has 0 aliphatic rings. The van der Waals surface area contributed by atoms with E-state index in [-0.39, 0.29) is 5.56 Å². The fourth-order valence-electron chi connectivity index (χ4n) is 2.74. The van der Waals surface area contributed by atoms with Crippen molar-refractivity contribution in [3.63, 3.8) is 0 Å². The molecule has 0 saturated carbocycles. The molecule has 0 fully saturated rings. The Morgan fingerprint density at radius 1 is 0.852 bits per heavy atom. The summed E-state index contributed by atoms with van der Waals surface area (Å²) < 4.78 is 123. The standard InChI is InChI=1S/C17H19F9O/c1-4-7-11-8-5-6-9-12(11)13(2,27-3)10-14(18,19)15(20,21)16(22,23)17(24,25)26/h5-6,8-9H,4,7,10H2,1-3H3.